The zero-order valence-electron chi connectivity index (χ0n) is 9.85. The first kappa shape index (κ1) is 15.6. The van der Waals surface area contributed by atoms with Gasteiger partial charge in [-0.25, -0.2) is 0 Å². The van der Waals surface area contributed by atoms with Gasteiger partial charge < -0.3 is 10.4 Å². The van der Waals surface area contributed by atoms with Gasteiger partial charge in [0.1, 0.15) is 5.75 Å². The molecule has 1 aromatic rings. The number of nitrogens with zero attached hydrogens (tertiary/aromatic N) is 1. The summed E-state index contributed by atoms with van der Waals surface area (Å²) < 4.78 is 0. The molecule has 0 saturated heterocycles. The Morgan fingerprint density at radius 2 is 1.82 bits per heavy atom. The van der Waals surface area contributed by atoms with Crippen LogP contribution in [0.3, 0.4) is 0 Å². The van der Waals surface area contributed by atoms with Crippen LogP contribution >= 0.6 is 12.4 Å². The molecule has 17 heavy (non-hydrogen) atoms. The summed E-state index contributed by atoms with van der Waals surface area (Å²) in [6.45, 7) is 0.865. The normalized spacial score (nSPS) is 9.12. The molecular weight excluding hydrogens is 236 g/mol. The first-order chi connectivity index (χ1) is 7.84. The highest BCUT2D eigenvalue weighted by molar-refractivity contribution is 5.85. The number of nitriles is 1. The van der Waals surface area contributed by atoms with Crippen molar-refractivity contribution >= 4 is 18.1 Å². The lowest BCUT2D eigenvalue weighted by molar-refractivity contribution is 0.477. The average molecular weight is 255 g/mol. The van der Waals surface area contributed by atoms with E-state index in [4.69, 9.17) is 5.26 Å². The molecule has 4 heteroatoms. The number of anilines is 1. The molecule has 0 spiro atoms. The topological polar surface area (TPSA) is 56.0 Å². The van der Waals surface area contributed by atoms with E-state index >= 15 is 0 Å². The van der Waals surface area contributed by atoms with Gasteiger partial charge in [-0.2, -0.15) is 5.26 Å². The molecular formula is C13H19ClN2O. The molecule has 0 unspecified atom stereocenters. The second-order valence-electron chi connectivity index (χ2n) is 3.77. The Bertz CT molecular complexity index is 350. The molecule has 0 heterocycles. The van der Waals surface area contributed by atoms with Gasteiger partial charge >= 0.3 is 0 Å². The fraction of sp³-hybridized carbons (Fsp3) is 0.462. The highest BCUT2D eigenvalue weighted by atomic mass is 35.5. The maximum Gasteiger partial charge on any atom is 0.138 e. The van der Waals surface area contributed by atoms with E-state index in [-0.39, 0.29) is 12.4 Å². The minimum atomic E-state index is 0. The predicted molar refractivity (Wildman–Crippen MR) is 72.5 cm³/mol. The Morgan fingerprint density at radius 1 is 1.12 bits per heavy atom. The smallest absolute Gasteiger partial charge is 0.138 e. The molecule has 0 aliphatic heterocycles. The molecule has 0 aromatic heterocycles. The van der Waals surface area contributed by atoms with Crippen molar-refractivity contribution in [2.75, 3.05) is 11.9 Å². The van der Waals surface area contributed by atoms with Gasteiger partial charge in [0.25, 0.3) is 0 Å². The lowest BCUT2D eigenvalue weighted by Gasteiger charge is -2.07. The van der Waals surface area contributed by atoms with Crippen molar-refractivity contribution in [1.29, 1.82) is 5.26 Å². The molecule has 0 aliphatic carbocycles. The van der Waals surface area contributed by atoms with Crippen LogP contribution in [0, 0.1) is 11.3 Å². The van der Waals surface area contributed by atoms with Crippen LogP contribution < -0.4 is 5.32 Å². The maximum absolute atomic E-state index is 9.48. The average Bonchev–Trinajstić information content (AvgIpc) is 2.30. The number of unbranched alkanes of at least 4 members (excludes halogenated alkanes) is 4. The second-order valence-corrected chi connectivity index (χ2v) is 3.77. The van der Waals surface area contributed by atoms with Gasteiger partial charge in [-0.05, 0) is 25.0 Å². The summed E-state index contributed by atoms with van der Waals surface area (Å²) in [6.07, 6.45) is 4.96. The molecule has 94 valence electrons. The van der Waals surface area contributed by atoms with Crippen LogP contribution in [0.5, 0.6) is 5.75 Å². The van der Waals surface area contributed by atoms with E-state index < -0.39 is 0 Å². The molecule has 1 rings (SSSR count). The maximum atomic E-state index is 9.48. The van der Waals surface area contributed by atoms with Crippen LogP contribution in [0.25, 0.3) is 0 Å². The molecule has 3 nitrogen and oxygen atoms in total. The molecule has 0 radical (unpaired) electrons. The van der Waals surface area contributed by atoms with Crippen LogP contribution in [0.15, 0.2) is 24.3 Å². The lowest BCUT2D eigenvalue weighted by atomic mass is 10.1. The van der Waals surface area contributed by atoms with Gasteiger partial charge in [0.15, 0.2) is 0 Å². The van der Waals surface area contributed by atoms with Gasteiger partial charge in [0.2, 0.25) is 0 Å². The van der Waals surface area contributed by atoms with Gasteiger partial charge in [-0.1, -0.05) is 25.0 Å². The van der Waals surface area contributed by atoms with Crippen molar-refractivity contribution in [3.63, 3.8) is 0 Å². The van der Waals surface area contributed by atoms with E-state index in [2.05, 4.69) is 11.4 Å². The summed E-state index contributed by atoms with van der Waals surface area (Å²) in [7, 11) is 0. The van der Waals surface area contributed by atoms with Crippen molar-refractivity contribution in [2.45, 2.75) is 32.1 Å². The van der Waals surface area contributed by atoms with Crippen molar-refractivity contribution in [3.8, 4) is 11.8 Å². The van der Waals surface area contributed by atoms with Gasteiger partial charge in [0.05, 0.1) is 11.8 Å². The Labute approximate surface area is 109 Å². The molecule has 0 aliphatic rings. The number of nitrogens with one attached hydrogen (secondary N) is 1. The fourth-order valence-electron chi connectivity index (χ4n) is 1.53. The Kier molecular flexibility index (Phi) is 8.99. The lowest BCUT2D eigenvalue weighted by Crippen LogP contribution is -2.01. The Hall–Kier alpha value is -1.40. The fourth-order valence-corrected chi connectivity index (χ4v) is 1.53. The zero-order chi connectivity index (χ0) is 11.6. The number of hydrogen-bond donors (Lipinski definition) is 2. The van der Waals surface area contributed by atoms with Crippen LogP contribution in [0.1, 0.15) is 32.1 Å². The number of para-hydroxylation sites is 2. The molecule has 0 bridgehead atoms. The van der Waals surface area contributed by atoms with Gasteiger partial charge in [-0.3, -0.25) is 0 Å². The quantitative estimate of drug-likeness (QED) is 0.576. The molecule has 1 aromatic carbocycles. The van der Waals surface area contributed by atoms with Crippen molar-refractivity contribution in [1.82, 2.24) is 0 Å². The van der Waals surface area contributed by atoms with E-state index in [9.17, 15) is 5.11 Å². The summed E-state index contributed by atoms with van der Waals surface area (Å²) in [6, 6.07) is 9.39. The number of rotatable bonds is 7. The Balaban J connectivity index is 0.00000256. The first-order valence-electron chi connectivity index (χ1n) is 5.73. The second kappa shape index (κ2) is 9.80. The van der Waals surface area contributed by atoms with Crippen LogP contribution in [-0.2, 0) is 0 Å². The summed E-state index contributed by atoms with van der Waals surface area (Å²) in [4.78, 5) is 0. The van der Waals surface area contributed by atoms with E-state index in [0.29, 0.717) is 12.2 Å². The summed E-state index contributed by atoms with van der Waals surface area (Å²) in [5.74, 6) is 0.298. The van der Waals surface area contributed by atoms with Crippen molar-refractivity contribution < 1.29 is 5.11 Å². The highest BCUT2D eigenvalue weighted by Gasteiger charge is 1.97. The summed E-state index contributed by atoms with van der Waals surface area (Å²) in [5, 5.41) is 21.0. The third-order valence-corrected chi connectivity index (χ3v) is 2.43. The minimum absolute atomic E-state index is 0. The molecule has 2 N–H and O–H groups in total. The summed E-state index contributed by atoms with van der Waals surface area (Å²) >= 11 is 0. The number of aromatic hydroxyl groups is 1. The van der Waals surface area contributed by atoms with Crippen LogP contribution in [0.2, 0.25) is 0 Å². The number of halogens is 1. The van der Waals surface area contributed by atoms with Crippen LogP contribution in [0.4, 0.5) is 5.69 Å². The molecule has 0 amide bonds. The zero-order valence-corrected chi connectivity index (χ0v) is 10.7. The van der Waals surface area contributed by atoms with Crippen LogP contribution in [-0.4, -0.2) is 11.7 Å². The third-order valence-electron chi connectivity index (χ3n) is 2.43. The predicted octanol–water partition coefficient (Wildman–Crippen LogP) is 3.70. The SMILES string of the molecule is Cl.N#CCCCCCCNc1ccccc1O. The van der Waals surface area contributed by atoms with Crippen molar-refractivity contribution in [3.05, 3.63) is 24.3 Å². The number of phenolic OH excluding ortho intramolecular Hbond substituents is 1. The van der Waals surface area contributed by atoms with Crippen molar-refractivity contribution in [2.24, 2.45) is 0 Å². The molecule has 0 fully saturated rings. The highest BCUT2D eigenvalue weighted by Crippen LogP contribution is 2.21. The summed E-state index contributed by atoms with van der Waals surface area (Å²) in [5.41, 5.74) is 0.791. The van der Waals surface area contributed by atoms with E-state index in [1.807, 2.05) is 18.2 Å². The first-order valence-corrected chi connectivity index (χ1v) is 5.73. The standard InChI is InChI=1S/C13H18N2O.ClH/c14-10-6-2-1-3-7-11-15-12-8-4-5-9-13(12)16;/h4-5,8-9,15-16H,1-3,6-7,11H2;1H. The number of benzene rings is 1. The number of hydrogen-bond acceptors (Lipinski definition) is 3. The largest absolute Gasteiger partial charge is 0.506 e. The molecule has 0 atom stereocenters. The molecule has 0 saturated carbocycles. The number of phenols is 1. The minimum Gasteiger partial charge on any atom is -0.506 e. The van der Waals surface area contributed by atoms with Gasteiger partial charge in [-0.15, -0.1) is 12.4 Å². The van der Waals surface area contributed by atoms with Gasteiger partial charge in [0, 0.05) is 13.0 Å². The van der Waals surface area contributed by atoms with E-state index in [1.54, 1.807) is 6.07 Å². The third kappa shape index (κ3) is 6.70. The van der Waals surface area contributed by atoms with E-state index in [0.717, 1.165) is 37.9 Å². The Morgan fingerprint density at radius 3 is 2.53 bits per heavy atom. The monoisotopic (exact) mass is 254 g/mol. The van der Waals surface area contributed by atoms with E-state index in [1.165, 1.54) is 0 Å².